The zero-order chi connectivity index (χ0) is 19.3. The summed E-state index contributed by atoms with van der Waals surface area (Å²) in [6.07, 6.45) is 3.55. The number of benzene rings is 2. The highest BCUT2D eigenvalue weighted by atomic mass is 19.3. The van der Waals surface area contributed by atoms with Crippen LogP contribution in [0.4, 0.5) is 20.3 Å². The Bertz CT molecular complexity index is 1210. The van der Waals surface area contributed by atoms with Gasteiger partial charge in [-0.15, -0.1) is 0 Å². The Labute approximate surface area is 158 Å². The monoisotopic (exact) mass is 376 g/mol. The molecule has 0 bridgehead atoms. The number of anilines is 2. The van der Waals surface area contributed by atoms with Crippen LogP contribution in [0.15, 0.2) is 78.2 Å². The number of allylic oxidation sites excluding steroid dienone is 5. The fourth-order valence-corrected chi connectivity index (χ4v) is 3.26. The number of fused-ring (bicyclic) bond motifs is 2. The minimum atomic E-state index is -2.72. The highest BCUT2D eigenvalue weighted by Gasteiger charge is 2.29. The molecule has 0 unspecified atom stereocenters. The molecule has 1 aliphatic carbocycles. The summed E-state index contributed by atoms with van der Waals surface area (Å²) in [4.78, 5) is 12.9. The summed E-state index contributed by atoms with van der Waals surface area (Å²) in [5.74, 6) is -0.194. The number of carbonyl (C=O) groups is 1. The van der Waals surface area contributed by atoms with Crippen LogP contribution < -0.4 is 10.6 Å². The Morgan fingerprint density at radius 2 is 1.89 bits per heavy atom. The second kappa shape index (κ2) is 6.16. The molecule has 2 heterocycles. The summed E-state index contributed by atoms with van der Waals surface area (Å²) >= 11 is 0. The van der Waals surface area contributed by atoms with Gasteiger partial charge in [-0.3, -0.25) is 4.79 Å². The highest BCUT2D eigenvalue weighted by molar-refractivity contribution is 6.11. The molecule has 0 atom stereocenters. The van der Waals surface area contributed by atoms with Crippen LogP contribution in [0.5, 0.6) is 0 Å². The first-order valence-electron chi connectivity index (χ1n) is 8.68. The molecule has 1 aliphatic heterocycles. The lowest BCUT2D eigenvalue weighted by molar-refractivity contribution is 0.102. The maximum atomic E-state index is 13.5. The van der Waals surface area contributed by atoms with Crippen LogP contribution in [-0.4, -0.2) is 22.1 Å². The van der Waals surface area contributed by atoms with E-state index in [1.807, 2.05) is 48.6 Å². The number of carbonyl (C=O) groups excluding carboxylic acids is 1. The number of nitrogens with zero attached hydrogens (tertiary/aromatic N) is 2. The number of aromatic nitrogens is 2. The van der Waals surface area contributed by atoms with Crippen molar-refractivity contribution >= 4 is 33.9 Å². The molecule has 5 rings (SSSR count). The van der Waals surface area contributed by atoms with Crippen molar-refractivity contribution in [3.63, 3.8) is 0 Å². The van der Waals surface area contributed by atoms with Gasteiger partial charge in [0, 0.05) is 16.8 Å². The molecule has 1 amide bonds. The maximum Gasteiger partial charge on any atom is 0.280 e. The molecule has 5 nitrogen and oxygen atoms in total. The Morgan fingerprint density at radius 3 is 2.68 bits per heavy atom. The summed E-state index contributed by atoms with van der Waals surface area (Å²) in [6.45, 7) is 0. The van der Waals surface area contributed by atoms with E-state index in [4.69, 9.17) is 0 Å². The molecule has 3 aromatic rings. The number of amides is 1. The fraction of sp³-hybridized carbons (Fsp3) is 0.0476. The molecule has 1 aromatic heterocycles. The number of rotatable bonds is 3. The van der Waals surface area contributed by atoms with E-state index < -0.39 is 12.3 Å². The molecule has 28 heavy (non-hydrogen) atoms. The van der Waals surface area contributed by atoms with Gasteiger partial charge in [-0.25, -0.2) is 13.5 Å². The second-order valence-corrected chi connectivity index (χ2v) is 6.50. The van der Waals surface area contributed by atoms with E-state index in [2.05, 4.69) is 15.7 Å². The first kappa shape index (κ1) is 16.4. The topological polar surface area (TPSA) is 59.0 Å². The molecule has 0 saturated carbocycles. The first-order chi connectivity index (χ1) is 13.6. The van der Waals surface area contributed by atoms with Gasteiger partial charge in [0.05, 0.1) is 6.20 Å². The zero-order valence-electron chi connectivity index (χ0n) is 14.5. The van der Waals surface area contributed by atoms with Gasteiger partial charge in [-0.05, 0) is 23.1 Å². The van der Waals surface area contributed by atoms with E-state index in [9.17, 15) is 13.6 Å². The minimum absolute atomic E-state index is 0.193. The van der Waals surface area contributed by atoms with Crippen molar-refractivity contribution in [1.82, 2.24) is 9.78 Å². The average molecular weight is 376 g/mol. The molecular formula is C21H14F2N4O. The Balaban J connectivity index is 1.52. The van der Waals surface area contributed by atoms with Crippen molar-refractivity contribution in [2.45, 2.75) is 6.43 Å². The Kier molecular flexibility index (Phi) is 3.61. The van der Waals surface area contributed by atoms with Crippen LogP contribution >= 0.6 is 0 Å². The van der Waals surface area contributed by atoms with E-state index in [1.54, 1.807) is 6.07 Å². The molecule has 0 spiro atoms. The Hall–Kier alpha value is -3.74. The quantitative estimate of drug-likeness (QED) is 0.700. The summed E-state index contributed by atoms with van der Waals surface area (Å²) in [7, 11) is 0. The molecule has 0 fully saturated rings. The number of hydrogen-bond acceptors (Lipinski definition) is 3. The molecule has 7 heteroatoms. The number of nitrogens with one attached hydrogen (secondary N) is 2. The van der Waals surface area contributed by atoms with Crippen molar-refractivity contribution in [1.29, 1.82) is 0 Å². The van der Waals surface area contributed by atoms with E-state index in [1.165, 1.54) is 12.3 Å². The predicted molar refractivity (Wildman–Crippen MR) is 104 cm³/mol. The van der Waals surface area contributed by atoms with Crippen molar-refractivity contribution in [3.8, 4) is 0 Å². The summed E-state index contributed by atoms with van der Waals surface area (Å²) < 4.78 is 28.1. The number of halogens is 2. The largest absolute Gasteiger partial charge is 0.339 e. The first-order valence-corrected chi connectivity index (χ1v) is 8.68. The van der Waals surface area contributed by atoms with Crippen molar-refractivity contribution in [2.24, 2.45) is 0 Å². The molecule has 2 aliphatic rings. The fourth-order valence-electron chi connectivity index (χ4n) is 3.26. The number of alkyl halides is 2. The van der Waals surface area contributed by atoms with Crippen LogP contribution in [0.3, 0.4) is 0 Å². The van der Waals surface area contributed by atoms with Gasteiger partial charge >= 0.3 is 0 Å². The van der Waals surface area contributed by atoms with Gasteiger partial charge in [0.2, 0.25) is 0 Å². The SMILES string of the molecule is O=C(Nc1cccc2ccccc12)c1cnn2c1NC(=C1C=C1)C=C2C(F)F. The normalized spacial score (nSPS) is 14.8. The zero-order valence-corrected chi connectivity index (χ0v) is 14.5. The summed E-state index contributed by atoms with van der Waals surface area (Å²) in [5, 5.41) is 11.8. The van der Waals surface area contributed by atoms with Gasteiger partial charge in [-0.2, -0.15) is 5.10 Å². The van der Waals surface area contributed by atoms with Crippen LogP contribution in [0.25, 0.3) is 16.5 Å². The maximum absolute atomic E-state index is 13.5. The van der Waals surface area contributed by atoms with E-state index >= 15 is 0 Å². The van der Waals surface area contributed by atoms with Crippen LogP contribution in [0.1, 0.15) is 10.4 Å². The standard InChI is InChI=1S/C21H14F2N4O/c22-19(23)18-10-17(13-8-9-13)25-20-15(11-24-27(18)20)21(28)26-16-7-3-5-12-4-1-2-6-14(12)16/h1-11,19,25H,(H,26,28). The smallest absolute Gasteiger partial charge is 0.280 e. The van der Waals surface area contributed by atoms with Gasteiger partial charge in [0.1, 0.15) is 17.1 Å². The third-order valence-electron chi connectivity index (χ3n) is 4.71. The lowest BCUT2D eigenvalue weighted by Crippen LogP contribution is -2.20. The second-order valence-electron chi connectivity index (χ2n) is 6.50. The molecular weight excluding hydrogens is 362 g/mol. The lowest BCUT2D eigenvalue weighted by Gasteiger charge is -2.20. The molecule has 0 saturated heterocycles. The van der Waals surface area contributed by atoms with Crippen molar-refractivity contribution in [3.05, 3.63) is 83.7 Å². The van der Waals surface area contributed by atoms with Gasteiger partial charge in [-0.1, -0.05) is 48.6 Å². The third kappa shape index (κ3) is 2.68. The van der Waals surface area contributed by atoms with Crippen LogP contribution in [0, 0.1) is 0 Å². The summed E-state index contributed by atoms with van der Waals surface area (Å²) in [5.41, 5.74) is 1.92. The molecule has 0 radical (unpaired) electrons. The van der Waals surface area contributed by atoms with Crippen LogP contribution in [0.2, 0.25) is 0 Å². The van der Waals surface area contributed by atoms with Gasteiger partial charge in [0.25, 0.3) is 12.3 Å². The van der Waals surface area contributed by atoms with Crippen molar-refractivity contribution < 1.29 is 13.6 Å². The third-order valence-corrected chi connectivity index (χ3v) is 4.71. The molecule has 138 valence electrons. The molecule has 2 N–H and O–H groups in total. The van der Waals surface area contributed by atoms with E-state index in [-0.39, 0.29) is 17.1 Å². The molecule has 2 aromatic carbocycles. The number of hydrogen-bond donors (Lipinski definition) is 2. The van der Waals surface area contributed by atoms with Crippen LogP contribution in [-0.2, 0) is 0 Å². The average Bonchev–Trinajstić information content (AvgIpc) is 3.46. The lowest BCUT2D eigenvalue weighted by atomic mass is 10.1. The summed E-state index contributed by atoms with van der Waals surface area (Å²) in [6, 6.07) is 13.3. The highest BCUT2D eigenvalue weighted by Crippen LogP contribution is 2.34. The Morgan fingerprint density at radius 1 is 1.11 bits per heavy atom. The van der Waals surface area contributed by atoms with Gasteiger partial charge in [0.15, 0.2) is 0 Å². The minimum Gasteiger partial charge on any atom is -0.339 e. The van der Waals surface area contributed by atoms with E-state index in [0.29, 0.717) is 11.4 Å². The van der Waals surface area contributed by atoms with E-state index in [0.717, 1.165) is 21.0 Å². The van der Waals surface area contributed by atoms with Gasteiger partial charge < -0.3 is 10.6 Å². The van der Waals surface area contributed by atoms with Crippen molar-refractivity contribution in [2.75, 3.05) is 10.6 Å². The predicted octanol–water partition coefficient (Wildman–Crippen LogP) is 4.64.